The topological polar surface area (TPSA) is 77.8 Å². The average Bonchev–Trinajstić information content (AvgIpc) is 2.99. The Morgan fingerprint density at radius 1 is 0.512 bits per heavy atom. The van der Waals surface area contributed by atoms with E-state index in [0.29, 0.717) is 0 Å². The normalized spacial score (nSPS) is 14.1. The van der Waals surface area contributed by atoms with Gasteiger partial charge in [0.25, 0.3) is 0 Å². The van der Waals surface area contributed by atoms with Gasteiger partial charge in [-0.3, -0.25) is 4.79 Å². The van der Waals surface area contributed by atoms with Crippen molar-refractivity contribution in [2.45, 2.75) is 206 Å². The zero-order valence-electron chi connectivity index (χ0n) is 27.6. The molecule has 41 heavy (non-hydrogen) atoms. The van der Waals surface area contributed by atoms with Crippen molar-refractivity contribution in [3.8, 4) is 0 Å². The first kappa shape index (κ1) is 40.3. The summed E-state index contributed by atoms with van der Waals surface area (Å²) in [6.45, 7) is 3.95. The molecule has 4 heteroatoms. The van der Waals surface area contributed by atoms with Gasteiger partial charge in [0, 0.05) is 5.92 Å². The molecule has 3 unspecified atom stereocenters. The lowest BCUT2D eigenvalue weighted by Gasteiger charge is -2.21. The number of aliphatic hydroxyl groups is 3. The lowest BCUT2D eigenvalue weighted by atomic mass is 9.87. The monoisotopic (exact) mass is 581 g/mol. The third kappa shape index (κ3) is 26.6. The minimum Gasteiger partial charge on any atom is -0.394 e. The molecule has 0 radical (unpaired) electrons. The molecule has 3 N–H and O–H groups in total. The molecule has 0 fully saturated rings. The van der Waals surface area contributed by atoms with Gasteiger partial charge in [-0.1, -0.05) is 167 Å². The first-order valence-corrected chi connectivity index (χ1v) is 18.2. The molecule has 0 heterocycles. The van der Waals surface area contributed by atoms with E-state index in [9.17, 15) is 20.1 Å². The summed E-state index contributed by atoms with van der Waals surface area (Å²) in [6, 6.07) is 0. The number of hydrogen-bond acceptors (Lipinski definition) is 4. The Bertz CT molecular complexity index is 561. The molecule has 244 valence electrons. The lowest BCUT2D eigenvalue weighted by molar-refractivity contribution is -0.139. The number of rotatable bonds is 33. The van der Waals surface area contributed by atoms with Gasteiger partial charge < -0.3 is 15.3 Å². The van der Waals surface area contributed by atoms with Crippen LogP contribution in [0.3, 0.4) is 0 Å². The van der Waals surface area contributed by atoms with Crippen molar-refractivity contribution in [2.24, 2.45) is 5.92 Å². The lowest BCUT2D eigenvalue weighted by Crippen LogP contribution is -2.40. The van der Waals surface area contributed by atoms with E-state index in [0.717, 1.165) is 44.9 Å². The molecule has 0 aliphatic heterocycles. The van der Waals surface area contributed by atoms with E-state index < -0.39 is 18.8 Å². The summed E-state index contributed by atoms with van der Waals surface area (Å²) in [4.78, 5) is 12.8. The van der Waals surface area contributed by atoms with Crippen LogP contribution in [0.2, 0.25) is 0 Å². The Balaban J connectivity index is 4.00. The standard InChI is InChI=1S/C37H72O4/c1-3-5-7-9-11-13-15-17-19-21-23-25-27-29-31-34(36(40)37(41)35(39)33-38)32-30-28-26-24-22-20-18-16-14-12-10-8-6-4-2/h17,19,34-35,37-39,41H,3-16,18,20-33H2,1-2H3/b19-17-. The van der Waals surface area contributed by atoms with Crippen molar-refractivity contribution in [3.05, 3.63) is 12.2 Å². The number of unbranched alkanes of at least 4 members (excludes halogenated alkanes) is 23. The van der Waals surface area contributed by atoms with Gasteiger partial charge >= 0.3 is 0 Å². The highest BCUT2D eigenvalue weighted by atomic mass is 16.4. The number of ketones is 1. The highest BCUT2D eigenvalue weighted by Gasteiger charge is 2.29. The van der Waals surface area contributed by atoms with Crippen molar-refractivity contribution < 1.29 is 20.1 Å². The molecule has 0 bridgehead atoms. The molecule has 0 saturated carbocycles. The molecule has 0 saturated heterocycles. The van der Waals surface area contributed by atoms with Crippen LogP contribution in [0.1, 0.15) is 194 Å². The van der Waals surface area contributed by atoms with E-state index >= 15 is 0 Å². The summed E-state index contributed by atoms with van der Waals surface area (Å²) in [6.07, 6.45) is 36.6. The first-order chi connectivity index (χ1) is 20.1. The third-order valence-electron chi connectivity index (χ3n) is 8.72. The molecule has 0 aliphatic rings. The van der Waals surface area contributed by atoms with Crippen LogP contribution >= 0.6 is 0 Å². The van der Waals surface area contributed by atoms with Crippen LogP contribution in [0, 0.1) is 5.92 Å². The number of hydrogen-bond donors (Lipinski definition) is 3. The summed E-state index contributed by atoms with van der Waals surface area (Å²) in [5.41, 5.74) is 0. The van der Waals surface area contributed by atoms with E-state index in [1.807, 2.05) is 0 Å². The van der Waals surface area contributed by atoms with E-state index in [4.69, 9.17) is 0 Å². The minimum atomic E-state index is -1.46. The van der Waals surface area contributed by atoms with Crippen molar-refractivity contribution in [1.29, 1.82) is 0 Å². The van der Waals surface area contributed by atoms with Gasteiger partial charge in [0.1, 0.15) is 12.2 Å². The van der Waals surface area contributed by atoms with Gasteiger partial charge in [-0.15, -0.1) is 0 Å². The van der Waals surface area contributed by atoms with Crippen LogP contribution in [0.4, 0.5) is 0 Å². The second-order valence-corrected chi connectivity index (χ2v) is 12.7. The van der Waals surface area contributed by atoms with Crippen molar-refractivity contribution in [1.82, 2.24) is 0 Å². The Morgan fingerprint density at radius 3 is 1.17 bits per heavy atom. The SMILES string of the molecule is CCCCCCCC/C=C\CCCCCCC(CCCCCCCCCCCCCCCC)C(=O)C(O)C(O)CO. The number of aliphatic hydroxyl groups excluding tert-OH is 3. The Kier molecular flexibility index (Phi) is 31.7. The van der Waals surface area contributed by atoms with Crippen LogP contribution in [0.25, 0.3) is 0 Å². The molecule has 0 amide bonds. The van der Waals surface area contributed by atoms with E-state index in [2.05, 4.69) is 26.0 Å². The Hall–Kier alpha value is -0.710. The second kappa shape index (κ2) is 32.2. The molecule has 3 atom stereocenters. The molecule has 0 aromatic rings. The highest BCUT2D eigenvalue weighted by Crippen LogP contribution is 2.22. The van der Waals surface area contributed by atoms with Gasteiger partial charge in [-0.25, -0.2) is 0 Å². The first-order valence-electron chi connectivity index (χ1n) is 18.2. The van der Waals surface area contributed by atoms with Crippen molar-refractivity contribution >= 4 is 5.78 Å². The van der Waals surface area contributed by atoms with Crippen LogP contribution < -0.4 is 0 Å². The van der Waals surface area contributed by atoms with E-state index in [1.165, 1.54) is 135 Å². The van der Waals surface area contributed by atoms with Crippen molar-refractivity contribution in [3.63, 3.8) is 0 Å². The number of carbonyl (C=O) groups is 1. The summed E-state index contributed by atoms with van der Waals surface area (Å²) in [5, 5.41) is 29.2. The number of allylic oxidation sites excluding steroid dienone is 2. The molecule has 0 aromatic carbocycles. The van der Waals surface area contributed by atoms with Crippen LogP contribution in [0.15, 0.2) is 12.2 Å². The molecule has 0 spiro atoms. The maximum absolute atomic E-state index is 12.8. The molecular formula is C37H72O4. The van der Waals surface area contributed by atoms with Gasteiger partial charge in [0.15, 0.2) is 5.78 Å². The fourth-order valence-corrected chi connectivity index (χ4v) is 5.83. The maximum atomic E-state index is 12.8. The Labute approximate surface area is 256 Å². The number of Topliss-reactive ketones (excluding diaryl/α,β-unsaturated/α-hetero) is 1. The van der Waals surface area contributed by atoms with E-state index in [1.54, 1.807) is 0 Å². The average molecular weight is 581 g/mol. The fourth-order valence-electron chi connectivity index (χ4n) is 5.83. The summed E-state index contributed by atoms with van der Waals surface area (Å²) in [7, 11) is 0. The molecule has 0 rings (SSSR count). The number of carbonyl (C=O) groups excluding carboxylic acids is 1. The predicted molar refractivity (Wildman–Crippen MR) is 177 cm³/mol. The largest absolute Gasteiger partial charge is 0.394 e. The molecular weight excluding hydrogens is 508 g/mol. The minimum absolute atomic E-state index is 0.208. The van der Waals surface area contributed by atoms with Gasteiger partial charge in [-0.2, -0.15) is 0 Å². The van der Waals surface area contributed by atoms with Crippen LogP contribution in [-0.2, 0) is 4.79 Å². The van der Waals surface area contributed by atoms with Crippen LogP contribution in [-0.4, -0.2) is 39.9 Å². The molecule has 0 aliphatic carbocycles. The zero-order valence-corrected chi connectivity index (χ0v) is 27.6. The molecule has 4 nitrogen and oxygen atoms in total. The van der Waals surface area contributed by atoms with Gasteiger partial charge in [0.2, 0.25) is 0 Å². The predicted octanol–water partition coefficient (Wildman–Crippen LogP) is 10.4. The highest BCUT2D eigenvalue weighted by molar-refractivity contribution is 5.85. The van der Waals surface area contributed by atoms with Crippen LogP contribution in [0.5, 0.6) is 0 Å². The van der Waals surface area contributed by atoms with Crippen molar-refractivity contribution in [2.75, 3.05) is 6.61 Å². The molecule has 0 aromatic heterocycles. The van der Waals surface area contributed by atoms with E-state index in [-0.39, 0.29) is 11.7 Å². The summed E-state index contributed by atoms with van der Waals surface area (Å²) < 4.78 is 0. The third-order valence-corrected chi connectivity index (χ3v) is 8.72. The maximum Gasteiger partial charge on any atom is 0.167 e. The fraction of sp³-hybridized carbons (Fsp3) is 0.919. The van der Waals surface area contributed by atoms with Gasteiger partial charge in [-0.05, 0) is 38.5 Å². The second-order valence-electron chi connectivity index (χ2n) is 12.7. The Morgan fingerprint density at radius 2 is 0.829 bits per heavy atom. The van der Waals surface area contributed by atoms with Gasteiger partial charge in [0.05, 0.1) is 6.61 Å². The zero-order chi connectivity index (χ0) is 30.2. The smallest absolute Gasteiger partial charge is 0.167 e. The quantitative estimate of drug-likeness (QED) is 0.0533. The summed E-state index contributed by atoms with van der Waals surface area (Å²) >= 11 is 0. The summed E-state index contributed by atoms with van der Waals surface area (Å²) in [5.74, 6) is -0.486.